The molecule has 1 atom stereocenters. The molecule has 0 saturated carbocycles. The van der Waals surface area contributed by atoms with Crippen molar-refractivity contribution in [3.05, 3.63) is 64.4 Å². The number of nitrogens with zero attached hydrogens (tertiary/aromatic N) is 1. The lowest BCUT2D eigenvalue weighted by molar-refractivity contribution is 0.174. The van der Waals surface area contributed by atoms with Crippen molar-refractivity contribution in [1.29, 1.82) is 0 Å². The molecule has 18 heavy (non-hydrogen) atoms. The van der Waals surface area contributed by atoms with E-state index in [4.69, 9.17) is 0 Å². The van der Waals surface area contributed by atoms with Gasteiger partial charge in [-0.2, -0.15) is 0 Å². The molecule has 1 unspecified atom stereocenters. The van der Waals surface area contributed by atoms with Crippen molar-refractivity contribution in [2.45, 2.75) is 12.6 Å². The van der Waals surface area contributed by atoms with Gasteiger partial charge in [-0.15, -0.1) is 0 Å². The zero-order valence-corrected chi connectivity index (χ0v) is 11.5. The first-order valence-electron chi connectivity index (χ1n) is 5.80. The van der Waals surface area contributed by atoms with E-state index in [0.29, 0.717) is 13.1 Å². The minimum atomic E-state index is -0.485. The van der Waals surface area contributed by atoms with Crippen LogP contribution in [0.4, 0.5) is 0 Å². The van der Waals surface area contributed by atoms with Crippen LogP contribution in [0.15, 0.2) is 53.1 Å². The largest absolute Gasteiger partial charge is 0.387 e. The third-order valence-electron chi connectivity index (χ3n) is 2.62. The number of nitrogens with one attached hydrogen (secondary N) is 1. The van der Waals surface area contributed by atoms with Gasteiger partial charge in [-0.05, 0) is 33.6 Å². The summed E-state index contributed by atoms with van der Waals surface area (Å²) in [7, 11) is 0. The number of aromatic nitrogens is 1. The number of aliphatic hydroxyl groups excluding tert-OH is 1. The fourth-order valence-corrected chi connectivity index (χ4v) is 1.88. The minimum absolute atomic E-state index is 0.485. The number of rotatable bonds is 5. The van der Waals surface area contributed by atoms with Crippen LogP contribution in [-0.2, 0) is 6.54 Å². The van der Waals surface area contributed by atoms with E-state index >= 15 is 0 Å². The van der Waals surface area contributed by atoms with Crippen molar-refractivity contribution in [1.82, 2.24) is 10.3 Å². The molecular formula is C14H15BrN2O. The van der Waals surface area contributed by atoms with E-state index in [1.165, 1.54) is 0 Å². The van der Waals surface area contributed by atoms with Crippen LogP contribution in [0.25, 0.3) is 0 Å². The molecule has 0 aliphatic rings. The Balaban J connectivity index is 1.80. The van der Waals surface area contributed by atoms with Crippen LogP contribution in [0.5, 0.6) is 0 Å². The second-order valence-corrected chi connectivity index (χ2v) is 4.94. The molecule has 2 rings (SSSR count). The summed E-state index contributed by atoms with van der Waals surface area (Å²) in [6.07, 6.45) is 1.28. The molecule has 0 aliphatic heterocycles. The van der Waals surface area contributed by atoms with E-state index < -0.39 is 6.10 Å². The van der Waals surface area contributed by atoms with E-state index in [0.717, 1.165) is 15.7 Å². The standard InChI is InChI=1S/C14H15BrN2O/c15-12-6-7-13(17-8-12)9-16-10-14(18)11-4-2-1-3-5-11/h1-8,14,16,18H,9-10H2. The van der Waals surface area contributed by atoms with Gasteiger partial charge < -0.3 is 10.4 Å². The molecule has 0 amide bonds. The average Bonchev–Trinajstić information content (AvgIpc) is 2.42. The Bertz CT molecular complexity index is 473. The van der Waals surface area contributed by atoms with Crippen LogP contribution in [0.1, 0.15) is 17.4 Å². The maximum absolute atomic E-state index is 9.95. The summed E-state index contributed by atoms with van der Waals surface area (Å²) in [5.41, 5.74) is 1.88. The molecule has 3 nitrogen and oxygen atoms in total. The normalized spacial score (nSPS) is 12.3. The summed E-state index contributed by atoms with van der Waals surface area (Å²) in [5.74, 6) is 0. The quantitative estimate of drug-likeness (QED) is 0.892. The number of halogens is 1. The highest BCUT2D eigenvalue weighted by atomic mass is 79.9. The Hall–Kier alpha value is -1.23. The molecule has 4 heteroatoms. The Morgan fingerprint density at radius 1 is 1.17 bits per heavy atom. The monoisotopic (exact) mass is 306 g/mol. The summed E-state index contributed by atoms with van der Waals surface area (Å²) in [6, 6.07) is 13.5. The summed E-state index contributed by atoms with van der Waals surface area (Å²) in [6.45, 7) is 1.17. The summed E-state index contributed by atoms with van der Waals surface area (Å²) in [5, 5.41) is 13.1. The van der Waals surface area contributed by atoms with Gasteiger partial charge >= 0.3 is 0 Å². The lowest BCUT2D eigenvalue weighted by atomic mass is 10.1. The van der Waals surface area contributed by atoms with Gasteiger partial charge in [0.05, 0.1) is 11.8 Å². The molecule has 0 radical (unpaired) electrons. The average molecular weight is 307 g/mol. The van der Waals surface area contributed by atoms with Crippen molar-refractivity contribution in [3.8, 4) is 0 Å². The minimum Gasteiger partial charge on any atom is -0.387 e. The SMILES string of the molecule is OC(CNCc1ccc(Br)cn1)c1ccccc1. The van der Waals surface area contributed by atoms with Crippen LogP contribution in [0, 0.1) is 0 Å². The van der Waals surface area contributed by atoms with Gasteiger partial charge in [0, 0.05) is 23.8 Å². The summed E-state index contributed by atoms with van der Waals surface area (Å²) >= 11 is 3.34. The highest BCUT2D eigenvalue weighted by Crippen LogP contribution is 2.11. The van der Waals surface area contributed by atoms with Crippen molar-refractivity contribution < 1.29 is 5.11 Å². The fraction of sp³-hybridized carbons (Fsp3) is 0.214. The first-order chi connectivity index (χ1) is 8.75. The maximum atomic E-state index is 9.95. The Morgan fingerprint density at radius 3 is 2.61 bits per heavy atom. The number of aliphatic hydroxyl groups is 1. The third kappa shape index (κ3) is 3.91. The predicted molar refractivity (Wildman–Crippen MR) is 75.0 cm³/mol. The fourth-order valence-electron chi connectivity index (χ4n) is 1.64. The molecule has 0 spiro atoms. The third-order valence-corrected chi connectivity index (χ3v) is 3.09. The maximum Gasteiger partial charge on any atom is 0.0914 e. The second-order valence-electron chi connectivity index (χ2n) is 4.03. The molecule has 0 saturated heterocycles. The number of benzene rings is 1. The lowest BCUT2D eigenvalue weighted by Gasteiger charge is -2.11. The number of hydrogen-bond acceptors (Lipinski definition) is 3. The van der Waals surface area contributed by atoms with Gasteiger partial charge in [0.15, 0.2) is 0 Å². The van der Waals surface area contributed by atoms with Gasteiger partial charge in [0.25, 0.3) is 0 Å². The van der Waals surface area contributed by atoms with Gasteiger partial charge in [-0.1, -0.05) is 30.3 Å². The van der Waals surface area contributed by atoms with Crippen LogP contribution < -0.4 is 5.32 Å². The van der Waals surface area contributed by atoms with Crippen LogP contribution >= 0.6 is 15.9 Å². The molecule has 0 fully saturated rings. The van der Waals surface area contributed by atoms with Crippen molar-refractivity contribution in [3.63, 3.8) is 0 Å². The molecule has 1 heterocycles. The van der Waals surface area contributed by atoms with Gasteiger partial charge in [0.1, 0.15) is 0 Å². The molecule has 1 aromatic carbocycles. The van der Waals surface area contributed by atoms with Crippen LogP contribution in [0.2, 0.25) is 0 Å². The van der Waals surface area contributed by atoms with Crippen molar-refractivity contribution >= 4 is 15.9 Å². The van der Waals surface area contributed by atoms with Crippen LogP contribution in [0.3, 0.4) is 0 Å². The zero-order chi connectivity index (χ0) is 12.8. The van der Waals surface area contributed by atoms with E-state index in [9.17, 15) is 5.11 Å². The van der Waals surface area contributed by atoms with E-state index in [2.05, 4.69) is 26.2 Å². The molecule has 2 aromatic rings. The van der Waals surface area contributed by atoms with E-state index in [-0.39, 0.29) is 0 Å². The highest BCUT2D eigenvalue weighted by molar-refractivity contribution is 9.10. The van der Waals surface area contributed by atoms with Crippen molar-refractivity contribution in [2.24, 2.45) is 0 Å². The highest BCUT2D eigenvalue weighted by Gasteiger charge is 2.05. The first kappa shape index (κ1) is 13.2. The van der Waals surface area contributed by atoms with E-state index in [1.54, 1.807) is 6.20 Å². The zero-order valence-electron chi connectivity index (χ0n) is 9.88. The lowest BCUT2D eigenvalue weighted by Crippen LogP contribution is -2.21. The molecule has 94 valence electrons. The summed E-state index contributed by atoms with van der Waals surface area (Å²) in [4.78, 5) is 4.26. The number of hydrogen-bond donors (Lipinski definition) is 2. The Labute approximate surface area is 115 Å². The Kier molecular flexibility index (Phi) is 4.87. The smallest absolute Gasteiger partial charge is 0.0914 e. The molecule has 0 aliphatic carbocycles. The van der Waals surface area contributed by atoms with Gasteiger partial charge in [0.2, 0.25) is 0 Å². The summed E-state index contributed by atoms with van der Waals surface area (Å²) < 4.78 is 0.968. The first-order valence-corrected chi connectivity index (χ1v) is 6.59. The topological polar surface area (TPSA) is 45.1 Å². The predicted octanol–water partition coefficient (Wildman–Crippen LogP) is 2.67. The van der Waals surface area contributed by atoms with E-state index in [1.807, 2.05) is 42.5 Å². The van der Waals surface area contributed by atoms with Gasteiger partial charge in [-0.25, -0.2) is 0 Å². The van der Waals surface area contributed by atoms with Crippen molar-refractivity contribution in [2.75, 3.05) is 6.54 Å². The number of pyridine rings is 1. The molecule has 0 bridgehead atoms. The second kappa shape index (κ2) is 6.64. The Morgan fingerprint density at radius 2 is 1.94 bits per heavy atom. The van der Waals surface area contributed by atoms with Crippen LogP contribution in [-0.4, -0.2) is 16.6 Å². The van der Waals surface area contributed by atoms with Gasteiger partial charge in [-0.3, -0.25) is 4.98 Å². The molecular weight excluding hydrogens is 292 g/mol. The molecule has 1 aromatic heterocycles. The molecule has 2 N–H and O–H groups in total.